The van der Waals surface area contributed by atoms with Gasteiger partial charge in [-0.1, -0.05) is 18.9 Å². The monoisotopic (exact) mass is 338 g/mol. The van der Waals surface area contributed by atoms with Crippen molar-refractivity contribution in [2.45, 2.75) is 38.4 Å². The molecule has 0 saturated heterocycles. The highest BCUT2D eigenvalue weighted by Crippen LogP contribution is 2.30. The minimum atomic E-state index is -4.50. The third-order valence-electron chi connectivity index (χ3n) is 4.44. The van der Waals surface area contributed by atoms with Crippen molar-refractivity contribution >= 4 is 0 Å². The number of nitrogens with zero attached hydrogens (tertiary/aromatic N) is 2. The Kier molecular flexibility index (Phi) is 4.34. The lowest BCUT2D eigenvalue weighted by molar-refractivity contribution is -0.137. The molecule has 128 valence electrons. The van der Waals surface area contributed by atoms with Crippen LogP contribution in [0.3, 0.4) is 0 Å². The molecule has 0 aliphatic heterocycles. The van der Waals surface area contributed by atoms with Crippen LogP contribution < -0.4 is 11.1 Å². The molecule has 1 aromatic heterocycles. The Morgan fingerprint density at radius 1 is 1.04 bits per heavy atom. The highest BCUT2D eigenvalue weighted by atomic mass is 19.4. The molecule has 0 N–H and O–H groups in total. The van der Waals surface area contributed by atoms with Gasteiger partial charge in [0.25, 0.3) is 0 Å². The zero-order valence-corrected chi connectivity index (χ0v) is 12.9. The summed E-state index contributed by atoms with van der Waals surface area (Å²) in [6, 6.07) is 4.38. The van der Waals surface area contributed by atoms with Crippen molar-refractivity contribution in [2.75, 3.05) is 0 Å². The van der Waals surface area contributed by atoms with Gasteiger partial charge in [0.15, 0.2) is 0 Å². The van der Waals surface area contributed by atoms with Crippen molar-refractivity contribution in [1.29, 1.82) is 0 Å². The first-order valence-electron chi connectivity index (χ1n) is 7.86. The first-order chi connectivity index (χ1) is 11.4. The molecule has 0 radical (unpaired) electrons. The van der Waals surface area contributed by atoms with E-state index in [-0.39, 0.29) is 5.69 Å². The molecule has 1 fully saturated rings. The predicted molar refractivity (Wildman–Crippen MR) is 83.3 cm³/mol. The molecule has 1 aromatic carbocycles. The van der Waals surface area contributed by atoms with Crippen LogP contribution in [0.25, 0.3) is 5.69 Å². The number of alkyl halides is 3. The van der Waals surface area contributed by atoms with Crippen LogP contribution in [0.1, 0.15) is 31.2 Å². The molecular formula is C17H17F3N2O2. The van der Waals surface area contributed by atoms with Crippen molar-refractivity contribution in [3.05, 3.63) is 62.9 Å². The summed E-state index contributed by atoms with van der Waals surface area (Å²) in [7, 11) is 0. The number of aromatic nitrogens is 2. The van der Waals surface area contributed by atoms with Crippen LogP contribution in [0.15, 0.2) is 46.2 Å². The normalized spacial score (nSPS) is 15.8. The maximum Gasteiger partial charge on any atom is 0.416 e. The van der Waals surface area contributed by atoms with Gasteiger partial charge in [0, 0.05) is 24.6 Å². The molecule has 1 aliphatic rings. The van der Waals surface area contributed by atoms with Gasteiger partial charge in [-0.3, -0.25) is 14.2 Å². The Balaban J connectivity index is 1.97. The summed E-state index contributed by atoms with van der Waals surface area (Å²) >= 11 is 0. The van der Waals surface area contributed by atoms with E-state index in [2.05, 4.69) is 0 Å². The highest BCUT2D eigenvalue weighted by Gasteiger charge is 2.30. The predicted octanol–water partition coefficient (Wildman–Crippen LogP) is 3.21. The SMILES string of the molecule is O=c1c(=O)n(-c2cccc(C(F)(F)F)c2)ccn1CC1CCCC1. The van der Waals surface area contributed by atoms with E-state index in [1.807, 2.05) is 0 Å². The smallest absolute Gasteiger partial charge is 0.309 e. The van der Waals surface area contributed by atoms with Crippen LogP contribution in [0, 0.1) is 5.92 Å². The molecule has 24 heavy (non-hydrogen) atoms. The van der Waals surface area contributed by atoms with E-state index in [0.717, 1.165) is 42.4 Å². The molecule has 7 heteroatoms. The fraction of sp³-hybridized carbons (Fsp3) is 0.412. The number of rotatable bonds is 3. The zero-order chi connectivity index (χ0) is 17.3. The fourth-order valence-corrected chi connectivity index (χ4v) is 3.16. The van der Waals surface area contributed by atoms with Gasteiger partial charge in [0.2, 0.25) is 0 Å². The molecule has 0 spiro atoms. The van der Waals surface area contributed by atoms with Crippen LogP contribution in [0.2, 0.25) is 0 Å². The van der Waals surface area contributed by atoms with E-state index in [1.54, 1.807) is 0 Å². The molecule has 0 bridgehead atoms. The topological polar surface area (TPSA) is 44.0 Å². The van der Waals surface area contributed by atoms with Crippen molar-refractivity contribution in [3.8, 4) is 5.69 Å². The molecule has 1 saturated carbocycles. The average Bonchev–Trinajstić information content (AvgIpc) is 3.04. The maximum absolute atomic E-state index is 12.8. The van der Waals surface area contributed by atoms with Crippen molar-refractivity contribution in [3.63, 3.8) is 0 Å². The number of halogens is 3. The minimum Gasteiger partial charge on any atom is -0.309 e. The first-order valence-corrected chi connectivity index (χ1v) is 7.86. The van der Waals surface area contributed by atoms with Crippen LogP contribution in [0.5, 0.6) is 0 Å². The second-order valence-corrected chi connectivity index (χ2v) is 6.13. The summed E-state index contributed by atoms with van der Waals surface area (Å²) in [5.74, 6) is 0.381. The second kappa shape index (κ2) is 6.30. The highest BCUT2D eigenvalue weighted by molar-refractivity contribution is 5.37. The van der Waals surface area contributed by atoms with Crippen LogP contribution in [0.4, 0.5) is 13.2 Å². The largest absolute Gasteiger partial charge is 0.416 e. The quantitative estimate of drug-likeness (QED) is 0.807. The lowest BCUT2D eigenvalue weighted by Crippen LogP contribution is -2.40. The Morgan fingerprint density at radius 2 is 1.75 bits per heavy atom. The fourth-order valence-electron chi connectivity index (χ4n) is 3.16. The molecule has 4 nitrogen and oxygen atoms in total. The molecule has 0 amide bonds. The summed E-state index contributed by atoms with van der Waals surface area (Å²) in [6.07, 6.45) is 2.64. The molecule has 2 aromatic rings. The third-order valence-corrected chi connectivity index (χ3v) is 4.44. The molecule has 3 rings (SSSR count). The van der Waals surface area contributed by atoms with Crippen LogP contribution >= 0.6 is 0 Å². The molecule has 0 unspecified atom stereocenters. The van der Waals surface area contributed by atoms with Gasteiger partial charge in [0.05, 0.1) is 5.56 Å². The van der Waals surface area contributed by atoms with Crippen molar-refractivity contribution < 1.29 is 13.2 Å². The van der Waals surface area contributed by atoms with Crippen LogP contribution in [-0.2, 0) is 12.7 Å². The van der Waals surface area contributed by atoms with Gasteiger partial charge in [-0.05, 0) is 37.0 Å². The summed E-state index contributed by atoms with van der Waals surface area (Å²) in [5, 5.41) is 0. The summed E-state index contributed by atoms with van der Waals surface area (Å²) in [4.78, 5) is 24.5. The zero-order valence-electron chi connectivity index (χ0n) is 12.9. The molecule has 0 atom stereocenters. The Labute approximate surface area is 136 Å². The third kappa shape index (κ3) is 3.29. The van der Waals surface area contributed by atoms with E-state index >= 15 is 0 Å². The van der Waals surface area contributed by atoms with Gasteiger partial charge in [-0.25, -0.2) is 0 Å². The van der Waals surface area contributed by atoms with Gasteiger partial charge >= 0.3 is 17.3 Å². The standard InChI is InChI=1S/C17H17F3N2O2/c18-17(19,20)13-6-3-7-14(10-13)22-9-8-21(15(23)16(22)24)11-12-4-1-2-5-12/h3,6-10,12H,1-2,4-5,11H2. The van der Waals surface area contributed by atoms with Crippen LogP contribution in [-0.4, -0.2) is 9.13 Å². The lowest BCUT2D eigenvalue weighted by atomic mass is 10.1. The summed E-state index contributed by atoms with van der Waals surface area (Å²) in [6.45, 7) is 0.484. The van der Waals surface area contributed by atoms with Crippen molar-refractivity contribution in [1.82, 2.24) is 9.13 Å². The Morgan fingerprint density at radius 3 is 2.42 bits per heavy atom. The molecule has 1 aliphatic carbocycles. The first kappa shape index (κ1) is 16.5. The van der Waals surface area contributed by atoms with Gasteiger partial charge < -0.3 is 4.57 Å². The lowest BCUT2D eigenvalue weighted by Gasteiger charge is -2.13. The summed E-state index contributed by atoms with van der Waals surface area (Å²) < 4.78 is 40.7. The van der Waals surface area contributed by atoms with E-state index in [1.165, 1.54) is 29.1 Å². The van der Waals surface area contributed by atoms with Gasteiger partial charge in [-0.2, -0.15) is 13.2 Å². The van der Waals surface area contributed by atoms with Gasteiger partial charge in [0.1, 0.15) is 0 Å². The van der Waals surface area contributed by atoms with E-state index < -0.39 is 22.9 Å². The maximum atomic E-state index is 12.8. The van der Waals surface area contributed by atoms with E-state index in [9.17, 15) is 22.8 Å². The number of benzene rings is 1. The minimum absolute atomic E-state index is 0.0277. The van der Waals surface area contributed by atoms with Gasteiger partial charge in [-0.15, -0.1) is 0 Å². The Bertz CT molecular complexity index is 846. The summed E-state index contributed by atoms with van der Waals surface area (Å²) in [5.41, 5.74) is -2.38. The second-order valence-electron chi connectivity index (χ2n) is 6.13. The number of hydrogen-bond donors (Lipinski definition) is 0. The molecule has 1 heterocycles. The number of hydrogen-bond acceptors (Lipinski definition) is 2. The van der Waals surface area contributed by atoms with E-state index in [4.69, 9.17) is 0 Å². The Hall–Kier alpha value is -2.31. The molecular weight excluding hydrogens is 321 g/mol. The van der Waals surface area contributed by atoms with Crippen molar-refractivity contribution in [2.24, 2.45) is 5.92 Å². The average molecular weight is 338 g/mol. The van der Waals surface area contributed by atoms with E-state index in [0.29, 0.717) is 12.5 Å².